The molecule has 80 valence electrons. The Labute approximate surface area is 90.6 Å². The molecular weight excluding hydrogens is 186 g/mol. The first kappa shape index (κ1) is 9.22. The molecule has 1 aromatic rings. The topological polar surface area (TPSA) is 21.3 Å². The van der Waals surface area contributed by atoms with Crippen LogP contribution in [0.25, 0.3) is 0 Å². The highest BCUT2D eigenvalue weighted by Gasteiger charge is 2.56. The number of hydrogen-bond acceptors (Lipinski definition) is 2. The van der Waals surface area contributed by atoms with Gasteiger partial charge in [-0.05, 0) is 38.4 Å². The number of benzene rings is 1. The van der Waals surface area contributed by atoms with E-state index in [9.17, 15) is 0 Å². The Morgan fingerprint density at radius 1 is 1.47 bits per heavy atom. The van der Waals surface area contributed by atoms with Gasteiger partial charge in [0, 0.05) is 11.0 Å². The summed E-state index contributed by atoms with van der Waals surface area (Å²) in [5.41, 5.74) is 1.88. The fourth-order valence-electron chi connectivity index (χ4n) is 3.01. The minimum atomic E-state index is 0.442. The second-order valence-corrected chi connectivity index (χ2v) is 4.71. The number of hydrogen-bond donors (Lipinski definition) is 1. The summed E-state index contributed by atoms with van der Waals surface area (Å²) >= 11 is 0. The molecule has 2 atom stereocenters. The van der Waals surface area contributed by atoms with Crippen molar-refractivity contribution in [2.24, 2.45) is 5.92 Å². The molecule has 1 saturated carbocycles. The van der Waals surface area contributed by atoms with Gasteiger partial charge in [-0.25, -0.2) is 0 Å². The third-order valence-corrected chi connectivity index (χ3v) is 3.91. The van der Waals surface area contributed by atoms with Gasteiger partial charge in [-0.1, -0.05) is 18.2 Å². The van der Waals surface area contributed by atoms with E-state index in [0.717, 1.165) is 24.8 Å². The van der Waals surface area contributed by atoms with Gasteiger partial charge < -0.3 is 10.1 Å². The largest absolute Gasteiger partial charge is 0.493 e. The SMILES string of the molecule is CNC[C@@H]1C[C@]12CCOc1ccccc12. The Bertz CT molecular complexity index is 377. The Balaban J connectivity index is 1.94. The Morgan fingerprint density at radius 2 is 2.33 bits per heavy atom. The summed E-state index contributed by atoms with van der Waals surface area (Å²) in [6.45, 7) is 2.02. The van der Waals surface area contributed by atoms with Gasteiger partial charge in [0.1, 0.15) is 5.75 Å². The van der Waals surface area contributed by atoms with E-state index in [2.05, 4.69) is 29.6 Å². The first-order valence-corrected chi connectivity index (χ1v) is 5.74. The summed E-state index contributed by atoms with van der Waals surface area (Å²) < 4.78 is 5.71. The van der Waals surface area contributed by atoms with E-state index in [4.69, 9.17) is 4.74 Å². The maximum atomic E-state index is 5.71. The number of rotatable bonds is 2. The monoisotopic (exact) mass is 203 g/mol. The van der Waals surface area contributed by atoms with E-state index in [1.54, 1.807) is 0 Å². The molecule has 1 fully saturated rings. The molecule has 1 aromatic carbocycles. The molecule has 1 spiro atoms. The molecule has 15 heavy (non-hydrogen) atoms. The fraction of sp³-hybridized carbons (Fsp3) is 0.538. The molecule has 0 bridgehead atoms. The van der Waals surface area contributed by atoms with Crippen LogP contribution >= 0.6 is 0 Å². The lowest BCUT2D eigenvalue weighted by molar-refractivity contribution is 0.253. The Hall–Kier alpha value is -1.02. The van der Waals surface area contributed by atoms with E-state index in [1.807, 2.05) is 7.05 Å². The van der Waals surface area contributed by atoms with Crippen LogP contribution in [0.5, 0.6) is 5.75 Å². The molecule has 0 aromatic heterocycles. The molecule has 1 aliphatic heterocycles. The van der Waals surface area contributed by atoms with Crippen molar-refractivity contribution in [3.63, 3.8) is 0 Å². The van der Waals surface area contributed by atoms with Gasteiger partial charge in [0.05, 0.1) is 6.61 Å². The molecule has 2 heteroatoms. The van der Waals surface area contributed by atoms with E-state index in [1.165, 1.54) is 18.4 Å². The van der Waals surface area contributed by atoms with Crippen molar-refractivity contribution < 1.29 is 4.74 Å². The van der Waals surface area contributed by atoms with Gasteiger partial charge in [-0.15, -0.1) is 0 Å². The van der Waals surface area contributed by atoms with Crippen LogP contribution in [0.1, 0.15) is 18.4 Å². The third kappa shape index (κ3) is 1.28. The zero-order valence-corrected chi connectivity index (χ0v) is 9.12. The predicted molar refractivity (Wildman–Crippen MR) is 60.3 cm³/mol. The maximum Gasteiger partial charge on any atom is 0.123 e. The van der Waals surface area contributed by atoms with Crippen molar-refractivity contribution in [2.75, 3.05) is 20.2 Å². The molecule has 0 unspecified atom stereocenters. The third-order valence-electron chi connectivity index (χ3n) is 3.91. The highest BCUT2D eigenvalue weighted by atomic mass is 16.5. The lowest BCUT2D eigenvalue weighted by Crippen LogP contribution is -2.24. The van der Waals surface area contributed by atoms with Gasteiger partial charge in [-0.3, -0.25) is 0 Å². The average Bonchev–Trinajstić information content (AvgIpc) is 2.94. The lowest BCUT2D eigenvalue weighted by atomic mass is 9.87. The van der Waals surface area contributed by atoms with Crippen molar-refractivity contribution in [1.29, 1.82) is 0 Å². The second-order valence-electron chi connectivity index (χ2n) is 4.71. The van der Waals surface area contributed by atoms with Crippen LogP contribution in [0.2, 0.25) is 0 Å². The van der Waals surface area contributed by atoms with Crippen molar-refractivity contribution in [3.8, 4) is 5.75 Å². The summed E-state index contributed by atoms with van der Waals surface area (Å²) in [6, 6.07) is 8.53. The van der Waals surface area contributed by atoms with E-state index in [-0.39, 0.29) is 0 Å². The van der Waals surface area contributed by atoms with Gasteiger partial charge >= 0.3 is 0 Å². The minimum Gasteiger partial charge on any atom is -0.493 e. The van der Waals surface area contributed by atoms with Crippen LogP contribution in [0.3, 0.4) is 0 Å². The number of nitrogens with one attached hydrogen (secondary N) is 1. The molecule has 2 aliphatic rings. The minimum absolute atomic E-state index is 0.442. The quantitative estimate of drug-likeness (QED) is 0.793. The van der Waals surface area contributed by atoms with Crippen LogP contribution in [-0.4, -0.2) is 20.2 Å². The van der Waals surface area contributed by atoms with Crippen LogP contribution in [0.4, 0.5) is 0 Å². The molecule has 3 rings (SSSR count). The summed E-state index contributed by atoms with van der Waals surface area (Å²) in [5, 5.41) is 3.29. The van der Waals surface area contributed by atoms with Crippen LogP contribution in [0.15, 0.2) is 24.3 Å². The smallest absolute Gasteiger partial charge is 0.123 e. The molecule has 0 radical (unpaired) electrons. The summed E-state index contributed by atoms with van der Waals surface area (Å²) in [6.07, 6.45) is 2.52. The predicted octanol–water partition coefficient (Wildman–Crippen LogP) is 1.95. The molecule has 2 nitrogen and oxygen atoms in total. The van der Waals surface area contributed by atoms with Crippen LogP contribution in [0, 0.1) is 5.92 Å². The van der Waals surface area contributed by atoms with Crippen molar-refractivity contribution in [1.82, 2.24) is 5.32 Å². The summed E-state index contributed by atoms with van der Waals surface area (Å²) in [4.78, 5) is 0. The maximum absolute atomic E-state index is 5.71. The normalized spacial score (nSPS) is 32.2. The van der Waals surface area contributed by atoms with Gasteiger partial charge in [-0.2, -0.15) is 0 Å². The zero-order valence-electron chi connectivity index (χ0n) is 9.12. The average molecular weight is 203 g/mol. The van der Waals surface area contributed by atoms with E-state index >= 15 is 0 Å². The molecular formula is C13H17NO. The highest BCUT2D eigenvalue weighted by molar-refractivity contribution is 5.46. The van der Waals surface area contributed by atoms with Gasteiger partial charge in [0.15, 0.2) is 0 Å². The first-order chi connectivity index (χ1) is 7.37. The molecule has 1 aliphatic carbocycles. The van der Waals surface area contributed by atoms with Crippen molar-refractivity contribution >= 4 is 0 Å². The number of fused-ring (bicyclic) bond motifs is 2. The van der Waals surface area contributed by atoms with Crippen molar-refractivity contribution in [3.05, 3.63) is 29.8 Å². The van der Waals surface area contributed by atoms with Crippen LogP contribution < -0.4 is 10.1 Å². The summed E-state index contributed by atoms with van der Waals surface area (Å²) in [7, 11) is 2.04. The fourth-order valence-corrected chi connectivity index (χ4v) is 3.01. The van der Waals surface area contributed by atoms with Gasteiger partial charge in [0.25, 0.3) is 0 Å². The summed E-state index contributed by atoms with van der Waals surface area (Å²) in [5.74, 6) is 1.93. The standard InChI is InChI=1S/C13H17NO/c1-14-9-10-8-13(10)6-7-15-12-5-3-2-4-11(12)13/h2-5,10,14H,6-9H2,1H3/t10-,13+/m0/s1. The lowest BCUT2D eigenvalue weighted by Gasteiger charge is -2.27. The molecule has 1 heterocycles. The first-order valence-electron chi connectivity index (χ1n) is 5.74. The number of ether oxygens (including phenoxy) is 1. The van der Waals surface area contributed by atoms with Crippen LogP contribution in [-0.2, 0) is 5.41 Å². The van der Waals surface area contributed by atoms with Crippen molar-refractivity contribution in [2.45, 2.75) is 18.3 Å². The van der Waals surface area contributed by atoms with Gasteiger partial charge in [0.2, 0.25) is 0 Å². The molecule has 0 amide bonds. The molecule has 0 saturated heterocycles. The molecule has 1 N–H and O–H groups in total. The Morgan fingerprint density at radius 3 is 3.20 bits per heavy atom. The zero-order chi connectivity index (χ0) is 10.3. The second kappa shape index (κ2) is 3.24. The number of para-hydroxylation sites is 1. The van der Waals surface area contributed by atoms with E-state index in [0.29, 0.717) is 5.41 Å². The van der Waals surface area contributed by atoms with E-state index < -0.39 is 0 Å². The highest BCUT2D eigenvalue weighted by Crippen LogP contribution is 2.60. The Kier molecular flexibility index (Phi) is 1.99.